The number of carbonyl (C=O) groups excluding carboxylic acids is 2. The van der Waals surface area contributed by atoms with E-state index in [9.17, 15) is 22.8 Å². The second-order valence-corrected chi connectivity index (χ2v) is 5.84. The molecule has 0 saturated carbocycles. The number of hydrogen-bond acceptors (Lipinski definition) is 5. The van der Waals surface area contributed by atoms with E-state index >= 15 is 0 Å². The minimum atomic E-state index is -5.22. The van der Waals surface area contributed by atoms with E-state index in [0.717, 1.165) is 5.56 Å². The predicted octanol–water partition coefficient (Wildman–Crippen LogP) is 3.02. The molecule has 0 fully saturated rings. The fourth-order valence-corrected chi connectivity index (χ4v) is 2.24. The van der Waals surface area contributed by atoms with Crippen molar-refractivity contribution in [1.82, 2.24) is 0 Å². The van der Waals surface area contributed by atoms with Crippen LogP contribution in [0, 0.1) is 0 Å². The number of halogens is 3. The molecule has 0 bridgehead atoms. The van der Waals surface area contributed by atoms with Gasteiger partial charge in [0.05, 0.1) is 18.8 Å². The third kappa shape index (κ3) is 6.84. The molecular weight excluding hydrogens is 363 g/mol. The molecule has 0 aliphatic heterocycles. The van der Waals surface area contributed by atoms with E-state index in [-0.39, 0.29) is 18.2 Å². The normalized spacial score (nSPS) is 12.4. The summed E-state index contributed by atoms with van der Waals surface area (Å²) >= 11 is 0. The molecule has 144 valence electrons. The summed E-state index contributed by atoms with van der Waals surface area (Å²) in [4.78, 5) is 22.2. The van der Waals surface area contributed by atoms with Crippen LogP contribution >= 0.6 is 0 Å². The second kappa shape index (κ2) is 9.29. The number of benzene rings is 2. The topological polar surface area (TPSA) is 78.6 Å². The van der Waals surface area contributed by atoms with Gasteiger partial charge in [-0.25, -0.2) is 9.59 Å². The van der Waals surface area contributed by atoms with Crippen molar-refractivity contribution in [2.45, 2.75) is 25.2 Å². The molecule has 0 saturated heterocycles. The lowest BCUT2D eigenvalue weighted by atomic mass is 10.1. The zero-order chi connectivity index (χ0) is 19.9. The van der Waals surface area contributed by atoms with Gasteiger partial charge >= 0.3 is 18.1 Å². The van der Waals surface area contributed by atoms with Gasteiger partial charge in [0.2, 0.25) is 0 Å². The van der Waals surface area contributed by atoms with Gasteiger partial charge in [-0.3, -0.25) is 0 Å². The van der Waals surface area contributed by atoms with Crippen LogP contribution in [0.2, 0.25) is 0 Å². The average Bonchev–Trinajstić information content (AvgIpc) is 2.62. The SMILES string of the molecule is N[C@@H](COCc1ccc(C(=O)OC(=O)C(F)(F)F)cc1)Cc1ccccc1. The third-order valence-electron chi connectivity index (χ3n) is 3.55. The number of rotatable bonds is 7. The minimum absolute atomic E-state index is 0.169. The molecule has 2 N–H and O–H groups in total. The lowest BCUT2D eigenvalue weighted by Crippen LogP contribution is -2.28. The number of ether oxygens (including phenoxy) is 2. The van der Waals surface area contributed by atoms with Crippen LogP contribution in [-0.2, 0) is 27.3 Å². The van der Waals surface area contributed by atoms with Crippen molar-refractivity contribution in [2.24, 2.45) is 5.73 Å². The molecule has 27 heavy (non-hydrogen) atoms. The molecular formula is C19H18F3NO4. The summed E-state index contributed by atoms with van der Waals surface area (Å²) in [6.45, 7) is 0.540. The van der Waals surface area contributed by atoms with E-state index in [0.29, 0.717) is 18.6 Å². The van der Waals surface area contributed by atoms with Crippen molar-refractivity contribution in [3.05, 3.63) is 71.3 Å². The van der Waals surface area contributed by atoms with Crippen LogP contribution < -0.4 is 5.73 Å². The van der Waals surface area contributed by atoms with Gasteiger partial charge in [-0.05, 0) is 29.7 Å². The number of alkyl halides is 3. The average molecular weight is 381 g/mol. The van der Waals surface area contributed by atoms with Gasteiger partial charge in [0, 0.05) is 6.04 Å². The molecule has 0 spiro atoms. The van der Waals surface area contributed by atoms with E-state index in [4.69, 9.17) is 10.5 Å². The molecule has 1 atom stereocenters. The Balaban J connectivity index is 1.78. The first kappa shape index (κ1) is 20.6. The summed E-state index contributed by atoms with van der Waals surface area (Å²) in [6.07, 6.45) is -4.55. The first-order valence-corrected chi connectivity index (χ1v) is 8.05. The highest BCUT2D eigenvalue weighted by Gasteiger charge is 2.42. The van der Waals surface area contributed by atoms with Gasteiger partial charge in [0.25, 0.3) is 0 Å². The molecule has 0 aromatic heterocycles. The zero-order valence-corrected chi connectivity index (χ0v) is 14.2. The van der Waals surface area contributed by atoms with Crippen molar-refractivity contribution >= 4 is 11.9 Å². The molecule has 0 amide bonds. The van der Waals surface area contributed by atoms with Crippen LogP contribution in [0.5, 0.6) is 0 Å². The number of carbonyl (C=O) groups is 2. The van der Waals surface area contributed by atoms with Crippen molar-refractivity contribution in [3.8, 4) is 0 Å². The maximum absolute atomic E-state index is 12.1. The maximum Gasteiger partial charge on any atom is 0.491 e. The first-order valence-electron chi connectivity index (χ1n) is 8.05. The van der Waals surface area contributed by atoms with Crippen molar-refractivity contribution in [3.63, 3.8) is 0 Å². The van der Waals surface area contributed by atoms with Crippen molar-refractivity contribution in [2.75, 3.05) is 6.61 Å². The molecule has 8 heteroatoms. The molecule has 0 heterocycles. The Morgan fingerprint density at radius 3 is 2.19 bits per heavy atom. The molecule has 0 unspecified atom stereocenters. The van der Waals surface area contributed by atoms with Crippen LogP contribution in [0.3, 0.4) is 0 Å². The minimum Gasteiger partial charge on any atom is -0.383 e. The van der Waals surface area contributed by atoms with Gasteiger partial charge < -0.3 is 15.2 Å². The molecule has 2 aromatic rings. The monoisotopic (exact) mass is 381 g/mol. The van der Waals surface area contributed by atoms with Crippen molar-refractivity contribution in [1.29, 1.82) is 0 Å². The largest absolute Gasteiger partial charge is 0.491 e. The Hall–Kier alpha value is -2.71. The first-order chi connectivity index (χ1) is 12.8. The van der Waals surface area contributed by atoms with E-state index in [1.807, 2.05) is 30.3 Å². The summed E-state index contributed by atoms with van der Waals surface area (Å²) in [5, 5.41) is 0. The van der Waals surface area contributed by atoms with Crippen LogP contribution in [0.25, 0.3) is 0 Å². The lowest BCUT2D eigenvalue weighted by molar-refractivity contribution is -0.193. The number of nitrogens with two attached hydrogens (primary N) is 1. The number of esters is 2. The molecule has 2 aromatic carbocycles. The van der Waals surface area contributed by atoms with E-state index in [1.165, 1.54) is 24.3 Å². The summed E-state index contributed by atoms with van der Waals surface area (Å²) in [5.74, 6) is -3.91. The molecule has 0 aliphatic rings. The molecule has 0 radical (unpaired) electrons. The standard InChI is InChI=1S/C19H18F3NO4/c20-19(21,22)18(25)27-17(24)15-8-6-14(7-9-15)11-26-12-16(23)10-13-4-2-1-3-5-13/h1-9,16H,10-12,23H2/t16-/m1/s1. The second-order valence-electron chi connectivity index (χ2n) is 5.84. The highest BCUT2D eigenvalue weighted by atomic mass is 19.4. The van der Waals surface area contributed by atoms with Crippen LogP contribution in [0.1, 0.15) is 21.5 Å². The molecule has 2 rings (SSSR count). The summed E-state index contributed by atoms with van der Waals surface area (Å²) < 4.78 is 45.5. The summed E-state index contributed by atoms with van der Waals surface area (Å²) in [7, 11) is 0. The van der Waals surface area contributed by atoms with Gasteiger partial charge in [-0.1, -0.05) is 42.5 Å². The Labute approximate surface area is 153 Å². The van der Waals surface area contributed by atoms with E-state index in [1.54, 1.807) is 0 Å². The predicted molar refractivity (Wildman–Crippen MR) is 90.7 cm³/mol. The lowest BCUT2D eigenvalue weighted by Gasteiger charge is -2.12. The highest BCUT2D eigenvalue weighted by molar-refractivity contribution is 5.98. The van der Waals surface area contributed by atoms with Gasteiger partial charge in [-0.2, -0.15) is 13.2 Å². The number of hydrogen-bond donors (Lipinski definition) is 1. The zero-order valence-electron chi connectivity index (χ0n) is 14.2. The van der Waals surface area contributed by atoms with Gasteiger partial charge in [0.15, 0.2) is 0 Å². The Bertz CT molecular complexity index is 761. The maximum atomic E-state index is 12.1. The van der Waals surface area contributed by atoms with Gasteiger partial charge in [0.1, 0.15) is 0 Å². The fourth-order valence-electron chi connectivity index (χ4n) is 2.24. The van der Waals surface area contributed by atoms with Crippen LogP contribution in [0.15, 0.2) is 54.6 Å². The quantitative estimate of drug-likeness (QED) is 0.589. The van der Waals surface area contributed by atoms with Crippen LogP contribution in [0.4, 0.5) is 13.2 Å². The van der Waals surface area contributed by atoms with E-state index in [2.05, 4.69) is 4.74 Å². The van der Waals surface area contributed by atoms with Gasteiger partial charge in [-0.15, -0.1) is 0 Å². The molecule has 0 aliphatic carbocycles. The summed E-state index contributed by atoms with van der Waals surface area (Å²) in [5.41, 5.74) is 7.63. The van der Waals surface area contributed by atoms with E-state index < -0.39 is 18.1 Å². The third-order valence-corrected chi connectivity index (χ3v) is 3.55. The van der Waals surface area contributed by atoms with Crippen LogP contribution in [-0.4, -0.2) is 30.8 Å². The molecule has 5 nitrogen and oxygen atoms in total. The Kier molecular flexibility index (Phi) is 7.09. The Morgan fingerprint density at radius 2 is 1.59 bits per heavy atom. The highest BCUT2D eigenvalue weighted by Crippen LogP contribution is 2.18. The fraction of sp³-hybridized carbons (Fsp3) is 0.263. The smallest absolute Gasteiger partial charge is 0.383 e. The Morgan fingerprint density at radius 1 is 0.963 bits per heavy atom. The summed E-state index contributed by atoms with van der Waals surface area (Å²) in [6, 6.07) is 15.1. The van der Waals surface area contributed by atoms with Crippen molar-refractivity contribution < 1.29 is 32.2 Å².